The van der Waals surface area contributed by atoms with Gasteiger partial charge in [-0.25, -0.2) is 4.98 Å². The summed E-state index contributed by atoms with van der Waals surface area (Å²) in [5.74, 6) is 0. The van der Waals surface area contributed by atoms with E-state index in [1.165, 1.54) is 15.6 Å². The number of hydrogen-bond donors (Lipinski definition) is 1. The van der Waals surface area contributed by atoms with Crippen LogP contribution >= 0.6 is 11.3 Å². The van der Waals surface area contributed by atoms with Crippen molar-refractivity contribution in [1.82, 2.24) is 15.2 Å². The maximum Gasteiger partial charge on any atom is 0.107 e. The molecule has 1 N–H and O–H groups in total. The monoisotopic (exact) mass is 213 g/mol. The molecule has 0 amide bonds. The van der Waals surface area contributed by atoms with Crippen LogP contribution in [0.3, 0.4) is 0 Å². The minimum absolute atomic E-state index is 0.942. The lowest BCUT2D eigenvalue weighted by Gasteiger charge is -2.04. The van der Waals surface area contributed by atoms with Crippen molar-refractivity contribution < 1.29 is 0 Å². The summed E-state index contributed by atoms with van der Waals surface area (Å²) < 4.78 is 0. The van der Waals surface area contributed by atoms with Crippen molar-refractivity contribution in [2.75, 3.05) is 20.6 Å². The molecule has 0 unspecified atom stereocenters. The van der Waals surface area contributed by atoms with Crippen LogP contribution in [0, 0.1) is 6.92 Å². The van der Waals surface area contributed by atoms with E-state index >= 15 is 0 Å². The number of aromatic nitrogens is 1. The van der Waals surface area contributed by atoms with Crippen LogP contribution in [0.4, 0.5) is 0 Å². The molecule has 0 bridgehead atoms. The normalized spacial score (nSPS) is 11.2. The van der Waals surface area contributed by atoms with Crippen LogP contribution in [-0.2, 0) is 13.1 Å². The van der Waals surface area contributed by atoms with Crippen LogP contribution in [0.2, 0.25) is 0 Å². The highest BCUT2D eigenvalue weighted by Gasteiger charge is 2.07. The summed E-state index contributed by atoms with van der Waals surface area (Å²) in [6, 6.07) is 0. The maximum atomic E-state index is 4.54. The summed E-state index contributed by atoms with van der Waals surface area (Å²) in [5.41, 5.74) is 1.17. The van der Waals surface area contributed by atoms with Crippen LogP contribution < -0.4 is 5.32 Å². The summed E-state index contributed by atoms with van der Waals surface area (Å²) in [7, 11) is 4.14. The Balaban J connectivity index is 2.62. The molecule has 0 atom stereocenters. The molecule has 0 aliphatic carbocycles. The Morgan fingerprint density at radius 2 is 2.14 bits per heavy atom. The molecule has 0 aromatic carbocycles. The van der Waals surface area contributed by atoms with Crippen molar-refractivity contribution in [2.24, 2.45) is 0 Å². The van der Waals surface area contributed by atoms with Crippen LogP contribution in [-0.4, -0.2) is 30.5 Å². The van der Waals surface area contributed by atoms with E-state index < -0.39 is 0 Å². The first-order valence-corrected chi connectivity index (χ1v) is 5.75. The van der Waals surface area contributed by atoms with E-state index in [2.05, 4.69) is 43.1 Å². The fourth-order valence-corrected chi connectivity index (χ4v) is 2.39. The lowest BCUT2D eigenvalue weighted by molar-refractivity contribution is 0.401. The third-order valence-electron chi connectivity index (χ3n) is 1.92. The van der Waals surface area contributed by atoms with Gasteiger partial charge in [0.1, 0.15) is 5.01 Å². The lowest BCUT2D eigenvalue weighted by atomic mass is 10.4. The molecule has 0 fully saturated rings. The topological polar surface area (TPSA) is 28.2 Å². The van der Waals surface area contributed by atoms with Gasteiger partial charge in [0.2, 0.25) is 0 Å². The second kappa shape index (κ2) is 5.44. The molecule has 14 heavy (non-hydrogen) atoms. The van der Waals surface area contributed by atoms with Gasteiger partial charge in [0.05, 0.1) is 5.69 Å². The smallest absolute Gasteiger partial charge is 0.107 e. The average molecular weight is 213 g/mol. The molecule has 1 aromatic heterocycles. The van der Waals surface area contributed by atoms with Gasteiger partial charge in [0, 0.05) is 18.0 Å². The Bertz CT molecular complexity index is 281. The van der Waals surface area contributed by atoms with Crippen molar-refractivity contribution in [2.45, 2.75) is 26.9 Å². The zero-order chi connectivity index (χ0) is 10.6. The lowest BCUT2D eigenvalue weighted by Crippen LogP contribution is -2.11. The molecule has 3 nitrogen and oxygen atoms in total. The van der Waals surface area contributed by atoms with Gasteiger partial charge in [-0.05, 0) is 27.6 Å². The van der Waals surface area contributed by atoms with E-state index in [0.29, 0.717) is 0 Å². The van der Waals surface area contributed by atoms with E-state index in [1.54, 1.807) is 0 Å². The van der Waals surface area contributed by atoms with Gasteiger partial charge < -0.3 is 10.2 Å². The SMILES string of the molecule is CCNCc1sc(CN(C)C)nc1C. The highest BCUT2D eigenvalue weighted by Crippen LogP contribution is 2.18. The zero-order valence-electron chi connectivity index (χ0n) is 9.42. The molecular weight excluding hydrogens is 194 g/mol. The molecule has 0 spiro atoms. The standard InChI is InChI=1S/C10H19N3S/c1-5-11-6-9-8(2)12-10(14-9)7-13(3)4/h11H,5-7H2,1-4H3. The van der Waals surface area contributed by atoms with Gasteiger partial charge >= 0.3 is 0 Å². The Morgan fingerprint density at radius 1 is 1.43 bits per heavy atom. The minimum atomic E-state index is 0.942. The van der Waals surface area contributed by atoms with E-state index in [-0.39, 0.29) is 0 Å². The highest BCUT2D eigenvalue weighted by atomic mass is 32.1. The molecule has 1 rings (SSSR count). The second-order valence-corrected chi connectivity index (χ2v) is 4.80. The molecule has 0 aliphatic heterocycles. The number of nitrogens with one attached hydrogen (secondary N) is 1. The predicted molar refractivity (Wildman–Crippen MR) is 61.6 cm³/mol. The van der Waals surface area contributed by atoms with Crippen LogP contribution in [0.25, 0.3) is 0 Å². The molecule has 0 aliphatic rings. The van der Waals surface area contributed by atoms with Gasteiger partial charge in [0.15, 0.2) is 0 Å². The van der Waals surface area contributed by atoms with Crippen molar-refractivity contribution in [3.05, 3.63) is 15.6 Å². The summed E-state index contributed by atoms with van der Waals surface area (Å²) in [6.45, 7) is 7.12. The Morgan fingerprint density at radius 3 is 2.71 bits per heavy atom. The van der Waals surface area contributed by atoms with Gasteiger partial charge in [-0.3, -0.25) is 0 Å². The first-order valence-electron chi connectivity index (χ1n) is 4.94. The third kappa shape index (κ3) is 3.36. The quantitative estimate of drug-likeness (QED) is 0.805. The summed E-state index contributed by atoms with van der Waals surface area (Å²) in [6.07, 6.45) is 0. The molecule has 1 aromatic rings. The van der Waals surface area contributed by atoms with E-state index in [0.717, 1.165) is 19.6 Å². The number of hydrogen-bond acceptors (Lipinski definition) is 4. The zero-order valence-corrected chi connectivity index (χ0v) is 10.2. The first-order chi connectivity index (χ1) is 6.63. The predicted octanol–water partition coefficient (Wildman–Crippen LogP) is 1.62. The summed E-state index contributed by atoms with van der Waals surface area (Å²) >= 11 is 1.81. The molecule has 1 heterocycles. The van der Waals surface area contributed by atoms with Crippen LogP contribution in [0.1, 0.15) is 22.5 Å². The van der Waals surface area contributed by atoms with Crippen molar-refractivity contribution in [3.8, 4) is 0 Å². The van der Waals surface area contributed by atoms with Gasteiger partial charge in [-0.1, -0.05) is 6.92 Å². The first kappa shape index (κ1) is 11.6. The van der Waals surface area contributed by atoms with Crippen molar-refractivity contribution in [1.29, 1.82) is 0 Å². The number of aryl methyl sites for hydroxylation is 1. The fraction of sp³-hybridized carbons (Fsp3) is 0.700. The van der Waals surface area contributed by atoms with Crippen molar-refractivity contribution in [3.63, 3.8) is 0 Å². The summed E-state index contributed by atoms with van der Waals surface area (Å²) in [4.78, 5) is 8.05. The van der Waals surface area contributed by atoms with Gasteiger partial charge in [-0.15, -0.1) is 11.3 Å². The number of rotatable bonds is 5. The number of nitrogens with zero attached hydrogens (tertiary/aromatic N) is 2. The Hall–Kier alpha value is -0.450. The molecule has 0 saturated carbocycles. The third-order valence-corrected chi connectivity index (χ3v) is 3.07. The Kier molecular flexibility index (Phi) is 4.51. The van der Waals surface area contributed by atoms with E-state index in [4.69, 9.17) is 0 Å². The maximum absolute atomic E-state index is 4.54. The highest BCUT2D eigenvalue weighted by molar-refractivity contribution is 7.11. The van der Waals surface area contributed by atoms with Gasteiger partial charge in [0.25, 0.3) is 0 Å². The van der Waals surface area contributed by atoms with Crippen LogP contribution in [0.15, 0.2) is 0 Å². The Labute approximate surface area is 90.2 Å². The minimum Gasteiger partial charge on any atom is -0.312 e. The second-order valence-electron chi connectivity index (χ2n) is 3.63. The molecule has 4 heteroatoms. The average Bonchev–Trinajstić information content (AvgIpc) is 2.41. The molecule has 0 radical (unpaired) electrons. The van der Waals surface area contributed by atoms with E-state index in [1.807, 2.05) is 11.3 Å². The summed E-state index contributed by atoms with van der Waals surface area (Å²) in [5, 5.41) is 4.54. The molecule has 0 saturated heterocycles. The van der Waals surface area contributed by atoms with Gasteiger partial charge in [-0.2, -0.15) is 0 Å². The molecule has 80 valence electrons. The fourth-order valence-electron chi connectivity index (χ4n) is 1.23. The van der Waals surface area contributed by atoms with Crippen molar-refractivity contribution >= 4 is 11.3 Å². The van der Waals surface area contributed by atoms with E-state index in [9.17, 15) is 0 Å². The molecular formula is C10H19N3S. The number of thiazole rings is 1. The van der Waals surface area contributed by atoms with Crippen LogP contribution in [0.5, 0.6) is 0 Å². The largest absolute Gasteiger partial charge is 0.312 e.